The van der Waals surface area contributed by atoms with Gasteiger partial charge in [0.05, 0.1) is 5.69 Å². The van der Waals surface area contributed by atoms with Gasteiger partial charge in [-0.25, -0.2) is 15.0 Å². The highest BCUT2D eigenvalue weighted by atomic mass is 16.1. The fourth-order valence-electron chi connectivity index (χ4n) is 4.00. The van der Waals surface area contributed by atoms with E-state index in [1.807, 2.05) is 54.4 Å². The first-order valence-corrected chi connectivity index (χ1v) is 11.0. The summed E-state index contributed by atoms with van der Waals surface area (Å²) in [5, 5.41) is 4.82. The summed E-state index contributed by atoms with van der Waals surface area (Å²) in [6.07, 6.45) is 3.51. The monoisotopic (exact) mass is 445 g/mol. The van der Waals surface area contributed by atoms with E-state index in [1.165, 1.54) is 6.92 Å². The number of aromatic nitrogens is 3. The zero-order valence-electron chi connectivity index (χ0n) is 18.9. The van der Waals surface area contributed by atoms with E-state index in [0.717, 1.165) is 44.8 Å². The summed E-state index contributed by atoms with van der Waals surface area (Å²) in [5.74, 6) is 1.96. The molecule has 3 aromatic heterocycles. The number of hydrogen-bond acceptors (Lipinski definition) is 5. The van der Waals surface area contributed by atoms with Crippen LogP contribution in [-0.2, 0) is 4.79 Å². The van der Waals surface area contributed by atoms with Gasteiger partial charge in [0, 0.05) is 37.3 Å². The van der Waals surface area contributed by atoms with E-state index in [9.17, 15) is 4.79 Å². The first-order chi connectivity index (χ1) is 16.6. The molecule has 6 nitrogen and oxygen atoms in total. The molecule has 2 aromatic carbocycles. The summed E-state index contributed by atoms with van der Waals surface area (Å²) >= 11 is 0. The van der Waals surface area contributed by atoms with Crippen molar-refractivity contribution in [2.24, 2.45) is 0 Å². The van der Waals surface area contributed by atoms with Crippen molar-refractivity contribution in [2.75, 3.05) is 17.3 Å². The van der Waals surface area contributed by atoms with Gasteiger partial charge in [-0.2, -0.15) is 0 Å². The molecule has 0 radical (unpaired) electrons. The minimum Gasteiger partial charge on any atom is -0.314 e. The maximum absolute atomic E-state index is 11.3. The number of pyridine rings is 3. The number of amides is 1. The van der Waals surface area contributed by atoms with E-state index in [1.54, 1.807) is 18.5 Å². The lowest BCUT2D eigenvalue weighted by atomic mass is 9.97. The van der Waals surface area contributed by atoms with Crippen molar-refractivity contribution in [3.63, 3.8) is 0 Å². The fourth-order valence-corrected chi connectivity index (χ4v) is 4.00. The molecule has 3 heterocycles. The molecule has 0 spiro atoms. The molecule has 0 saturated heterocycles. The van der Waals surface area contributed by atoms with Crippen LogP contribution in [0.25, 0.3) is 33.2 Å². The standard InChI is InChI=1S/C28H23N5O/c1-19(34)31-25-15-14-22(18-30-25)24-17-21-11-8-12-23(20-9-4-3-5-10-20)27(21)28(32-24)33(2)26-13-6-7-16-29-26/h3-18H,1-2H3,(H,30,31,34). The first-order valence-electron chi connectivity index (χ1n) is 11.0. The highest BCUT2D eigenvalue weighted by Gasteiger charge is 2.17. The summed E-state index contributed by atoms with van der Waals surface area (Å²) in [4.78, 5) is 27.4. The maximum Gasteiger partial charge on any atom is 0.222 e. The summed E-state index contributed by atoms with van der Waals surface area (Å²) in [6.45, 7) is 1.46. The molecule has 0 atom stereocenters. The van der Waals surface area contributed by atoms with Crippen molar-refractivity contribution in [2.45, 2.75) is 6.92 Å². The van der Waals surface area contributed by atoms with Crippen LogP contribution in [0.5, 0.6) is 0 Å². The Morgan fingerprint density at radius 3 is 2.38 bits per heavy atom. The van der Waals surface area contributed by atoms with Crippen molar-refractivity contribution in [3.05, 3.63) is 97.3 Å². The predicted molar refractivity (Wildman–Crippen MR) is 137 cm³/mol. The minimum absolute atomic E-state index is 0.156. The molecule has 1 N–H and O–H groups in total. The van der Waals surface area contributed by atoms with Gasteiger partial charge in [-0.3, -0.25) is 4.79 Å². The molecule has 166 valence electrons. The SMILES string of the molecule is CC(=O)Nc1ccc(-c2cc3cccc(-c4ccccc4)c3c(N(C)c3ccccn3)n2)cn1. The van der Waals surface area contributed by atoms with Gasteiger partial charge in [0.15, 0.2) is 0 Å². The molecule has 0 aliphatic heterocycles. The van der Waals surface area contributed by atoms with Gasteiger partial charge >= 0.3 is 0 Å². The molecule has 0 fully saturated rings. The van der Waals surface area contributed by atoms with Crippen LogP contribution in [0.2, 0.25) is 0 Å². The molecule has 5 aromatic rings. The fraction of sp³-hybridized carbons (Fsp3) is 0.0714. The van der Waals surface area contributed by atoms with Crippen LogP contribution in [0.3, 0.4) is 0 Å². The van der Waals surface area contributed by atoms with Crippen LogP contribution in [0, 0.1) is 0 Å². The average Bonchev–Trinajstić information content (AvgIpc) is 2.88. The van der Waals surface area contributed by atoms with Crippen LogP contribution in [0.4, 0.5) is 17.5 Å². The lowest BCUT2D eigenvalue weighted by molar-refractivity contribution is -0.114. The largest absolute Gasteiger partial charge is 0.314 e. The van der Waals surface area contributed by atoms with E-state index < -0.39 is 0 Å². The highest BCUT2D eigenvalue weighted by molar-refractivity contribution is 6.06. The third-order valence-electron chi connectivity index (χ3n) is 5.60. The Morgan fingerprint density at radius 1 is 0.853 bits per heavy atom. The van der Waals surface area contributed by atoms with Crippen LogP contribution in [-0.4, -0.2) is 27.9 Å². The maximum atomic E-state index is 11.3. The smallest absolute Gasteiger partial charge is 0.222 e. The molecular weight excluding hydrogens is 422 g/mol. The number of nitrogens with one attached hydrogen (secondary N) is 1. The van der Waals surface area contributed by atoms with Crippen molar-refractivity contribution < 1.29 is 4.79 Å². The number of fused-ring (bicyclic) bond motifs is 1. The Kier molecular flexibility index (Phi) is 5.70. The van der Waals surface area contributed by atoms with Gasteiger partial charge in [-0.15, -0.1) is 0 Å². The third kappa shape index (κ3) is 4.21. The van der Waals surface area contributed by atoms with Crippen LogP contribution < -0.4 is 10.2 Å². The van der Waals surface area contributed by atoms with Gasteiger partial charge in [-0.05, 0) is 46.8 Å². The second kappa shape index (κ2) is 9.11. The van der Waals surface area contributed by atoms with Gasteiger partial charge in [0.1, 0.15) is 17.5 Å². The zero-order chi connectivity index (χ0) is 23.5. The number of nitrogens with zero attached hydrogens (tertiary/aromatic N) is 4. The normalized spacial score (nSPS) is 10.8. The number of benzene rings is 2. The van der Waals surface area contributed by atoms with E-state index in [0.29, 0.717) is 5.82 Å². The van der Waals surface area contributed by atoms with Crippen molar-refractivity contribution >= 4 is 34.1 Å². The second-order valence-corrected chi connectivity index (χ2v) is 7.96. The molecule has 34 heavy (non-hydrogen) atoms. The first kappa shape index (κ1) is 21.3. The number of rotatable bonds is 5. The molecule has 5 rings (SSSR count). The van der Waals surface area contributed by atoms with Gasteiger partial charge in [0.25, 0.3) is 0 Å². The average molecular weight is 446 g/mol. The summed E-state index contributed by atoms with van der Waals surface area (Å²) in [5.41, 5.74) is 3.88. The zero-order valence-corrected chi connectivity index (χ0v) is 18.9. The molecule has 0 aliphatic rings. The summed E-state index contributed by atoms with van der Waals surface area (Å²) in [7, 11) is 1.98. The highest BCUT2D eigenvalue weighted by Crippen LogP contribution is 2.38. The topological polar surface area (TPSA) is 71.0 Å². The van der Waals surface area contributed by atoms with Crippen LogP contribution in [0.15, 0.2) is 97.3 Å². The van der Waals surface area contributed by atoms with E-state index in [2.05, 4.69) is 51.7 Å². The molecule has 0 aliphatic carbocycles. The number of hydrogen-bond donors (Lipinski definition) is 1. The number of carbonyl (C=O) groups excluding carboxylic acids is 1. The van der Waals surface area contributed by atoms with Gasteiger partial charge in [-0.1, -0.05) is 54.6 Å². The Bertz CT molecular complexity index is 1450. The van der Waals surface area contributed by atoms with Gasteiger partial charge in [0.2, 0.25) is 5.91 Å². The predicted octanol–water partition coefficient (Wildman–Crippen LogP) is 6.09. The molecule has 6 heteroatoms. The molecule has 0 saturated carbocycles. The van der Waals surface area contributed by atoms with Gasteiger partial charge < -0.3 is 10.2 Å². The Labute approximate surface area is 198 Å². The molecular formula is C28H23N5O. The second-order valence-electron chi connectivity index (χ2n) is 7.96. The van der Waals surface area contributed by atoms with Crippen LogP contribution >= 0.6 is 0 Å². The Hall–Kier alpha value is -4.58. The lowest BCUT2D eigenvalue weighted by Crippen LogP contribution is -2.14. The van der Waals surface area contributed by atoms with Crippen LogP contribution in [0.1, 0.15) is 6.92 Å². The van der Waals surface area contributed by atoms with Crippen molar-refractivity contribution in [1.29, 1.82) is 0 Å². The van der Waals surface area contributed by atoms with E-state index in [-0.39, 0.29) is 5.91 Å². The Balaban J connectivity index is 1.72. The molecule has 0 unspecified atom stereocenters. The number of anilines is 3. The minimum atomic E-state index is -0.156. The number of carbonyl (C=O) groups is 1. The summed E-state index contributed by atoms with van der Waals surface area (Å²) < 4.78 is 0. The lowest BCUT2D eigenvalue weighted by Gasteiger charge is -2.22. The van der Waals surface area contributed by atoms with Crippen molar-refractivity contribution in [1.82, 2.24) is 15.0 Å². The van der Waals surface area contributed by atoms with Crippen molar-refractivity contribution in [3.8, 4) is 22.4 Å². The molecule has 0 bridgehead atoms. The third-order valence-corrected chi connectivity index (χ3v) is 5.60. The summed E-state index contributed by atoms with van der Waals surface area (Å²) in [6, 6.07) is 28.2. The Morgan fingerprint density at radius 2 is 1.68 bits per heavy atom. The van der Waals surface area contributed by atoms with E-state index in [4.69, 9.17) is 4.98 Å². The molecule has 1 amide bonds. The quantitative estimate of drug-likeness (QED) is 0.355. The van der Waals surface area contributed by atoms with E-state index >= 15 is 0 Å².